The Hall–Kier alpha value is -2.60. The number of thiophene rings is 2. The van der Waals surface area contributed by atoms with E-state index in [2.05, 4.69) is 86.4 Å². The number of hydrogen-bond donors (Lipinski definition) is 0. The highest BCUT2D eigenvalue weighted by atomic mass is 32.1. The van der Waals surface area contributed by atoms with Crippen molar-refractivity contribution >= 4 is 52.2 Å². The molecule has 0 saturated heterocycles. The lowest BCUT2D eigenvalue weighted by Gasteiger charge is -2.02. The zero-order valence-electron chi connectivity index (χ0n) is 22.4. The lowest BCUT2D eigenvalue weighted by molar-refractivity contribution is 0.607. The number of aryl methyl sites for hydroxylation is 2. The van der Waals surface area contributed by atoms with E-state index >= 15 is 0 Å². The zero-order valence-corrected chi connectivity index (χ0v) is 24.0. The monoisotopic (exact) mass is 522 g/mol. The van der Waals surface area contributed by atoms with Crippen LogP contribution >= 0.6 is 22.7 Å². The predicted octanol–water partition coefficient (Wildman–Crippen LogP) is 11.3. The molecular formula is C35H38S2. The number of fused-ring (bicyclic) bond motifs is 5. The first-order chi connectivity index (χ1) is 18.2. The van der Waals surface area contributed by atoms with Gasteiger partial charge in [-0.3, -0.25) is 0 Å². The van der Waals surface area contributed by atoms with Gasteiger partial charge in [0, 0.05) is 31.3 Å². The molecule has 0 fully saturated rings. The van der Waals surface area contributed by atoms with Gasteiger partial charge in [0.05, 0.1) is 9.40 Å². The molecule has 5 rings (SSSR count). The smallest absolute Gasteiger partial charge is 0.0542 e. The first kappa shape index (κ1) is 26.0. The molecule has 0 bridgehead atoms. The van der Waals surface area contributed by atoms with Gasteiger partial charge in [0.1, 0.15) is 0 Å². The lowest BCUT2D eigenvalue weighted by Crippen LogP contribution is -1.85. The molecular weight excluding hydrogens is 485 g/mol. The van der Waals surface area contributed by atoms with Crippen LogP contribution in [0.15, 0.2) is 60.7 Å². The Labute approximate surface area is 230 Å². The third-order valence-electron chi connectivity index (χ3n) is 7.34. The van der Waals surface area contributed by atoms with Crippen molar-refractivity contribution in [1.82, 2.24) is 0 Å². The van der Waals surface area contributed by atoms with Crippen molar-refractivity contribution in [2.75, 3.05) is 0 Å². The lowest BCUT2D eigenvalue weighted by atomic mass is 10.0. The summed E-state index contributed by atoms with van der Waals surface area (Å²) in [7, 11) is 0. The molecule has 3 aromatic carbocycles. The van der Waals surface area contributed by atoms with Crippen LogP contribution in [0, 0.1) is 11.8 Å². The zero-order chi connectivity index (χ0) is 25.5. The normalized spacial score (nSPS) is 11.4. The fraction of sp³-hybridized carbons (Fsp3) is 0.371. The van der Waals surface area contributed by atoms with Gasteiger partial charge in [-0.05, 0) is 67.1 Å². The summed E-state index contributed by atoms with van der Waals surface area (Å²) in [5, 5.41) is 2.79. The molecule has 37 heavy (non-hydrogen) atoms. The van der Waals surface area contributed by atoms with E-state index in [1.54, 1.807) is 0 Å². The minimum Gasteiger partial charge on any atom is -0.134 e. The Morgan fingerprint density at radius 1 is 0.514 bits per heavy atom. The van der Waals surface area contributed by atoms with Crippen molar-refractivity contribution in [3.05, 3.63) is 82.9 Å². The largest absolute Gasteiger partial charge is 0.134 e. The maximum Gasteiger partial charge on any atom is 0.0542 e. The van der Waals surface area contributed by atoms with Crippen LogP contribution in [0.1, 0.15) is 93.9 Å². The van der Waals surface area contributed by atoms with Crippen LogP contribution < -0.4 is 0 Å². The molecule has 0 aliphatic rings. The van der Waals surface area contributed by atoms with E-state index in [1.807, 2.05) is 22.7 Å². The molecule has 0 saturated carbocycles. The summed E-state index contributed by atoms with van der Waals surface area (Å²) in [5.74, 6) is 6.77. The molecule has 2 heterocycles. The summed E-state index contributed by atoms with van der Waals surface area (Å²) in [5.41, 5.74) is 5.10. The van der Waals surface area contributed by atoms with Crippen molar-refractivity contribution in [3.63, 3.8) is 0 Å². The Kier molecular flexibility index (Phi) is 8.98. The Morgan fingerprint density at radius 3 is 1.78 bits per heavy atom. The first-order valence-electron chi connectivity index (χ1n) is 14.2. The van der Waals surface area contributed by atoms with E-state index < -0.39 is 0 Å². The summed E-state index contributed by atoms with van der Waals surface area (Å²) >= 11 is 3.88. The van der Waals surface area contributed by atoms with Gasteiger partial charge in [0.2, 0.25) is 0 Å². The summed E-state index contributed by atoms with van der Waals surface area (Å²) in [6.45, 7) is 4.54. The molecule has 0 radical (unpaired) electrons. The number of benzene rings is 3. The highest BCUT2D eigenvalue weighted by Crippen LogP contribution is 2.44. The Morgan fingerprint density at radius 2 is 1.03 bits per heavy atom. The van der Waals surface area contributed by atoms with Gasteiger partial charge in [0.15, 0.2) is 0 Å². The average Bonchev–Trinajstić information content (AvgIpc) is 3.45. The van der Waals surface area contributed by atoms with Crippen LogP contribution in [0.2, 0.25) is 0 Å². The molecule has 0 nitrogen and oxygen atoms in total. The standard InChI is InChI=1S/C35H38S2/c1-3-5-7-8-9-11-13-28-20-22-30-32(24-28)36-35-31-23-21-29(25-33(31)37-34(30)35)19-18-27-16-14-26(15-17-27)12-10-6-4-2/h14-17,20-25H,3-13H2,1-2H3. The van der Waals surface area contributed by atoms with Crippen LogP contribution in [-0.2, 0) is 12.8 Å². The van der Waals surface area contributed by atoms with Gasteiger partial charge in [-0.25, -0.2) is 0 Å². The maximum atomic E-state index is 3.40. The van der Waals surface area contributed by atoms with Crippen LogP contribution in [0.3, 0.4) is 0 Å². The molecule has 0 spiro atoms. The van der Waals surface area contributed by atoms with E-state index in [0.717, 1.165) is 11.1 Å². The molecule has 2 aromatic heterocycles. The van der Waals surface area contributed by atoms with Crippen molar-refractivity contribution < 1.29 is 0 Å². The molecule has 0 amide bonds. The van der Waals surface area contributed by atoms with Gasteiger partial charge in [-0.2, -0.15) is 0 Å². The second-order valence-corrected chi connectivity index (χ2v) is 12.4. The number of unbranched alkanes of at least 4 members (excludes halogenated alkanes) is 7. The van der Waals surface area contributed by atoms with Crippen molar-refractivity contribution in [1.29, 1.82) is 0 Å². The average molecular weight is 523 g/mol. The third kappa shape index (κ3) is 6.46. The van der Waals surface area contributed by atoms with Crippen molar-refractivity contribution in [2.24, 2.45) is 0 Å². The summed E-state index contributed by atoms with van der Waals surface area (Å²) in [6.07, 6.45) is 14.4. The molecule has 0 atom stereocenters. The summed E-state index contributed by atoms with van der Waals surface area (Å²) < 4.78 is 5.65. The number of rotatable bonds is 11. The molecule has 0 N–H and O–H groups in total. The SMILES string of the molecule is CCCCCCCCc1ccc2c(c1)sc1c3ccc(C#Cc4ccc(CCCCC)cc4)cc3sc21. The third-order valence-corrected chi connectivity index (χ3v) is 9.84. The molecule has 5 aromatic rings. The second kappa shape index (κ2) is 12.8. The minimum atomic E-state index is 1.09. The molecule has 0 unspecified atom stereocenters. The highest BCUT2D eigenvalue weighted by molar-refractivity contribution is 7.36. The van der Waals surface area contributed by atoms with Gasteiger partial charge in [-0.15, -0.1) is 22.7 Å². The van der Waals surface area contributed by atoms with Gasteiger partial charge in [0.25, 0.3) is 0 Å². The van der Waals surface area contributed by atoms with Crippen LogP contribution in [-0.4, -0.2) is 0 Å². The topological polar surface area (TPSA) is 0 Å². The van der Waals surface area contributed by atoms with Gasteiger partial charge in [-0.1, -0.05) is 101 Å². The van der Waals surface area contributed by atoms with Crippen LogP contribution in [0.5, 0.6) is 0 Å². The van der Waals surface area contributed by atoms with Crippen LogP contribution in [0.4, 0.5) is 0 Å². The van der Waals surface area contributed by atoms with E-state index in [-0.39, 0.29) is 0 Å². The van der Waals surface area contributed by atoms with E-state index in [4.69, 9.17) is 0 Å². The fourth-order valence-corrected chi connectivity index (χ4v) is 7.88. The Bertz CT molecular complexity index is 1520. The molecule has 0 aliphatic carbocycles. The second-order valence-electron chi connectivity index (χ2n) is 10.3. The molecule has 190 valence electrons. The van der Waals surface area contributed by atoms with Crippen molar-refractivity contribution in [3.8, 4) is 11.8 Å². The fourth-order valence-electron chi connectivity index (χ4n) is 5.12. The molecule has 2 heteroatoms. The van der Waals surface area contributed by atoms with E-state index in [9.17, 15) is 0 Å². The highest BCUT2D eigenvalue weighted by Gasteiger charge is 2.12. The van der Waals surface area contributed by atoms with Crippen LogP contribution in [0.25, 0.3) is 29.6 Å². The predicted molar refractivity (Wildman–Crippen MR) is 167 cm³/mol. The van der Waals surface area contributed by atoms with E-state index in [0.29, 0.717) is 0 Å². The summed E-state index contributed by atoms with van der Waals surface area (Å²) in [6, 6.07) is 22.7. The van der Waals surface area contributed by atoms with Gasteiger partial charge < -0.3 is 0 Å². The first-order valence-corrected chi connectivity index (χ1v) is 15.9. The Balaban J connectivity index is 1.29. The summed E-state index contributed by atoms with van der Waals surface area (Å²) in [4.78, 5) is 0. The molecule has 0 aliphatic heterocycles. The maximum absolute atomic E-state index is 3.40. The van der Waals surface area contributed by atoms with Crippen molar-refractivity contribution in [2.45, 2.75) is 84.5 Å². The van der Waals surface area contributed by atoms with E-state index in [1.165, 1.54) is 111 Å². The number of hydrogen-bond acceptors (Lipinski definition) is 2. The minimum absolute atomic E-state index is 1.09. The van der Waals surface area contributed by atoms with Gasteiger partial charge >= 0.3 is 0 Å². The quantitative estimate of drug-likeness (QED) is 0.119.